The highest BCUT2D eigenvalue weighted by molar-refractivity contribution is 7.92. The van der Waals surface area contributed by atoms with Gasteiger partial charge in [0.05, 0.1) is 11.4 Å². The van der Waals surface area contributed by atoms with Crippen LogP contribution in [0.2, 0.25) is 0 Å². The zero-order valence-corrected chi connectivity index (χ0v) is 13.6. The largest absolute Gasteiger partial charge is 0.334 e. The molecule has 22 heavy (non-hydrogen) atoms. The number of rotatable bonds is 5. The van der Waals surface area contributed by atoms with Gasteiger partial charge in [0.15, 0.2) is 0 Å². The van der Waals surface area contributed by atoms with Crippen LogP contribution in [0.3, 0.4) is 0 Å². The van der Waals surface area contributed by atoms with E-state index in [1.807, 2.05) is 25.1 Å². The van der Waals surface area contributed by atoms with E-state index in [9.17, 15) is 8.42 Å². The second-order valence-corrected chi connectivity index (χ2v) is 7.54. The molecule has 1 aromatic heterocycles. The van der Waals surface area contributed by atoms with Crippen LogP contribution in [0.15, 0.2) is 30.5 Å². The monoisotopic (exact) mass is 319 g/mol. The van der Waals surface area contributed by atoms with Gasteiger partial charge in [-0.1, -0.05) is 19.1 Å². The molecule has 0 aliphatic carbocycles. The van der Waals surface area contributed by atoms with Crippen molar-refractivity contribution in [2.45, 2.75) is 39.2 Å². The van der Waals surface area contributed by atoms with Crippen LogP contribution in [0.25, 0.3) is 11.3 Å². The molecule has 0 unspecified atom stereocenters. The van der Waals surface area contributed by atoms with Crippen molar-refractivity contribution >= 4 is 15.7 Å². The van der Waals surface area contributed by atoms with Crippen LogP contribution in [0.5, 0.6) is 0 Å². The van der Waals surface area contributed by atoms with Gasteiger partial charge >= 0.3 is 0 Å². The number of hydrogen-bond acceptors (Lipinski definition) is 3. The molecule has 1 aliphatic rings. The first kappa shape index (κ1) is 15.1. The minimum absolute atomic E-state index is 0.135. The molecular weight excluding hydrogens is 298 g/mol. The fraction of sp³-hybridized carbons (Fsp3) is 0.438. The van der Waals surface area contributed by atoms with Crippen LogP contribution in [0, 0.1) is 0 Å². The molecule has 2 aromatic rings. The second-order valence-electron chi connectivity index (χ2n) is 5.69. The summed E-state index contributed by atoms with van der Waals surface area (Å²) >= 11 is 0. The molecule has 0 radical (unpaired) electrons. The average Bonchev–Trinajstić information content (AvgIpc) is 2.91. The maximum Gasteiger partial charge on any atom is 0.232 e. The summed E-state index contributed by atoms with van der Waals surface area (Å²) in [5, 5.41) is 0. The Labute approximate surface area is 131 Å². The SMILES string of the molecule is CCCS(=O)(=O)Nc1cccc(-c2cn3c(n2)CCCC3)c1. The number of imidazole rings is 1. The van der Waals surface area contributed by atoms with Crippen LogP contribution in [-0.4, -0.2) is 23.7 Å². The highest BCUT2D eigenvalue weighted by atomic mass is 32.2. The van der Waals surface area contributed by atoms with Gasteiger partial charge in [-0.2, -0.15) is 0 Å². The van der Waals surface area contributed by atoms with Crippen molar-refractivity contribution in [2.24, 2.45) is 0 Å². The Balaban J connectivity index is 1.86. The van der Waals surface area contributed by atoms with Gasteiger partial charge in [0.2, 0.25) is 10.0 Å². The van der Waals surface area contributed by atoms with Gasteiger partial charge < -0.3 is 4.57 Å². The molecule has 0 saturated carbocycles. The van der Waals surface area contributed by atoms with Gasteiger partial charge in [0.1, 0.15) is 5.82 Å². The molecule has 0 fully saturated rings. The third-order valence-corrected chi connectivity index (χ3v) is 5.31. The van der Waals surface area contributed by atoms with Crippen molar-refractivity contribution in [1.29, 1.82) is 0 Å². The van der Waals surface area contributed by atoms with E-state index in [0.717, 1.165) is 30.0 Å². The molecule has 118 valence electrons. The second kappa shape index (κ2) is 6.12. The van der Waals surface area contributed by atoms with Crippen molar-refractivity contribution in [3.05, 3.63) is 36.3 Å². The number of hydrogen-bond donors (Lipinski definition) is 1. The summed E-state index contributed by atoms with van der Waals surface area (Å²) in [6.45, 7) is 2.87. The van der Waals surface area contributed by atoms with Crippen LogP contribution >= 0.6 is 0 Å². The Bertz CT molecular complexity index is 742. The number of benzene rings is 1. The lowest BCUT2D eigenvalue weighted by molar-refractivity contribution is 0.522. The first-order valence-electron chi connectivity index (χ1n) is 7.74. The summed E-state index contributed by atoms with van der Waals surface area (Å²) in [6.07, 6.45) is 6.06. The quantitative estimate of drug-likeness (QED) is 0.921. The molecule has 3 rings (SSSR count). The third-order valence-electron chi connectivity index (χ3n) is 3.81. The maximum absolute atomic E-state index is 11.9. The number of sulfonamides is 1. The molecule has 0 saturated heterocycles. The lowest BCUT2D eigenvalue weighted by Crippen LogP contribution is -2.15. The number of anilines is 1. The number of aromatic nitrogens is 2. The Hall–Kier alpha value is -1.82. The van der Waals surface area contributed by atoms with Gasteiger partial charge in [0, 0.05) is 30.4 Å². The van der Waals surface area contributed by atoms with Crippen molar-refractivity contribution in [3.8, 4) is 11.3 Å². The Morgan fingerprint density at radius 2 is 2.18 bits per heavy atom. The fourth-order valence-electron chi connectivity index (χ4n) is 2.79. The lowest BCUT2D eigenvalue weighted by Gasteiger charge is -2.11. The van der Waals surface area contributed by atoms with Crippen LogP contribution in [0.1, 0.15) is 32.0 Å². The van der Waals surface area contributed by atoms with E-state index < -0.39 is 10.0 Å². The Morgan fingerprint density at radius 3 is 2.95 bits per heavy atom. The average molecular weight is 319 g/mol. The topological polar surface area (TPSA) is 64.0 Å². The number of fused-ring (bicyclic) bond motifs is 1. The lowest BCUT2D eigenvalue weighted by atomic mass is 10.1. The normalized spacial score (nSPS) is 14.6. The molecule has 0 bridgehead atoms. The minimum atomic E-state index is -3.26. The van der Waals surface area contributed by atoms with Crippen molar-refractivity contribution in [2.75, 3.05) is 10.5 Å². The Morgan fingerprint density at radius 1 is 1.32 bits per heavy atom. The summed E-state index contributed by atoms with van der Waals surface area (Å²) in [6, 6.07) is 7.44. The van der Waals surface area contributed by atoms with Crippen LogP contribution in [-0.2, 0) is 23.0 Å². The molecule has 1 N–H and O–H groups in total. The highest BCUT2D eigenvalue weighted by Gasteiger charge is 2.14. The Kier molecular flexibility index (Phi) is 4.20. The molecule has 0 amide bonds. The standard InChI is InChI=1S/C16H21N3O2S/c1-2-10-22(20,21)18-14-7-5-6-13(11-14)15-12-19-9-4-3-8-16(19)17-15/h5-7,11-12,18H,2-4,8-10H2,1H3. The van der Waals surface area contributed by atoms with Gasteiger partial charge in [0.25, 0.3) is 0 Å². The van der Waals surface area contributed by atoms with Crippen molar-refractivity contribution < 1.29 is 8.42 Å². The van der Waals surface area contributed by atoms with Crippen LogP contribution < -0.4 is 4.72 Å². The van der Waals surface area contributed by atoms with Gasteiger partial charge in [-0.05, 0) is 31.4 Å². The van der Waals surface area contributed by atoms with E-state index in [1.54, 1.807) is 6.07 Å². The van der Waals surface area contributed by atoms with Gasteiger partial charge in [-0.3, -0.25) is 4.72 Å². The molecular formula is C16H21N3O2S. The van der Waals surface area contributed by atoms with E-state index in [-0.39, 0.29) is 5.75 Å². The van der Waals surface area contributed by atoms with Crippen LogP contribution in [0.4, 0.5) is 5.69 Å². The summed E-state index contributed by atoms with van der Waals surface area (Å²) in [5.41, 5.74) is 2.45. The molecule has 5 nitrogen and oxygen atoms in total. The van der Waals surface area contributed by atoms with Crippen molar-refractivity contribution in [3.63, 3.8) is 0 Å². The first-order chi connectivity index (χ1) is 10.6. The smallest absolute Gasteiger partial charge is 0.232 e. The summed E-state index contributed by atoms with van der Waals surface area (Å²) < 4.78 is 28.6. The van der Waals surface area contributed by atoms with E-state index in [2.05, 4.69) is 20.5 Å². The zero-order chi connectivity index (χ0) is 15.6. The molecule has 6 heteroatoms. The van der Waals surface area contributed by atoms with E-state index in [4.69, 9.17) is 0 Å². The molecule has 0 spiro atoms. The number of nitrogens with one attached hydrogen (secondary N) is 1. The first-order valence-corrected chi connectivity index (χ1v) is 9.39. The molecule has 0 atom stereocenters. The van der Waals surface area contributed by atoms with E-state index >= 15 is 0 Å². The summed E-state index contributed by atoms with van der Waals surface area (Å²) in [4.78, 5) is 4.68. The van der Waals surface area contributed by atoms with Gasteiger partial charge in [-0.15, -0.1) is 0 Å². The molecule has 1 aliphatic heterocycles. The van der Waals surface area contributed by atoms with Gasteiger partial charge in [-0.25, -0.2) is 13.4 Å². The number of nitrogens with zero attached hydrogens (tertiary/aromatic N) is 2. The number of aryl methyl sites for hydroxylation is 2. The summed E-state index contributed by atoms with van der Waals surface area (Å²) in [7, 11) is -3.26. The van der Waals surface area contributed by atoms with E-state index in [1.165, 1.54) is 12.8 Å². The zero-order valence-electron chi connectivity index (χ0n) is 12.7. The van der Waals surface area contributed by atoms with E-state index in [0.29, 0.717) is 12.1 Å². The predicted octanol–water partition coefficient (Wildman–Crippen LogP) is 3.04. The molecule has 1 aromatic carbocycles. The highest BCUT2D eigenvalue weighted by Crippen LogP contribution is 2.25. The fourth-order valence-corrected chi connectivity index (χ4v) is 3.92. The predicted molar refractivity (Wildman–Crippen MR) is 88.3 cm³/mol. The maximum atomic E-state index is 11.9. The summed E-state index contributed by atoms with van der Waals surface area (Å²) in [5.74, 6) is 1.26. The molecule has 2 heterocycles. The minimum Gasteiger partial charge on any atom is -0.334 e. The third kappa shape index (κ3) is 3.32. The van der Waals surface area contributed by atoms with Crippen molar-refractivity contribution in [1.82, 2.24) is 9.55 Å².